The van der Waals surface area contributed by atoms with Crippen LogP contribution in [0.3, 0.4) is 0 Å². The number of rotatable bonds is 2. The second kappa shape index (κ2) is 4.07. The average molecular weight is 206 g/mol. The molecule has 4 heteroatoms. The molecule has 0 bridgehead atoms. The monoisotopic (exact) mass is 205 g/mol. The highest BCUT2D eigenvalue weighted by molar-refractivity contribution is 6.30. The molecule has 0 radical (unpaired) electrons. The zero-order chi connectivity index (χ0) is 9.80. The van der Waals surface area contributed by atoms with E-state index in [0.717, 1.165) is 11.5 Å². The van der Waals surface area contributed by atoms with Crippen LogP contribution in [0.25, 0.3) is 0 Å². The fourth-order valence-electron chi connectivity index (χ4n) is 1.08. The van der Waals surface area contributed by atoms with Crippen molar-refractivity contribution in [3.63, 3.8) is 0 Å². The summed E-state index contributed by atoms with van der Waals surface area (Å²) in [7, 11) is 0. The van der Waals surface area contributed by atoms with Crippen molar-refractivity contribution in [2.45, 2.75) is 0 Å². The number of anilines is 2. The predicted octanol–water partition coefficient (Wildman–Crippen LogP) is 2.87. The molecule has 0 atom stereocenters. The van der Waals surface area contributed by atoms with Gasteiger partial charge in [0.25, 0.3) is 0 Å². The van der Waals surface area contributed by atoms with Crippen LogP contribution >= 0.6 is 11.6 Å². The van der Waals surface area contributed by atoms with Crippen LogP contribution in [0, 0.1) is 0 Å². The minimum atomic E-state index is 0.698. The van der Waals surface area contributed by atoms with Gasteiger partial charge in [-0.3, -0.25) is 0 Å². The number of nitrogens with zero attached hydrogens (tertiary/aromatic N) is 2. The van der Waals surface area contributed by atoms with Gasteiger partial charge in [0.1, 0.15) is 12.1 Å². The Hall–Kier alpha value is -1.61. The van der Waals surface area contributed by atoms with Gasteiger partial charge < -0.3 is 5.32 Å². The van der Waals surface area contributed by atoms with Gasteiger partial charge in [0.05, 0.1) is 0 Å². The van der Waals surface area contributed by atoms with Crippen LogP contribution in [0.5, 0.6) is 0 Å². The molecule has 3 nitrogen and oxygen atoms in total. The van der Waals surface area contributed by atoms with Crippen molar-refractivity contribution in [1.82, 2.24) is 9.97 Å². The molecule has 1 aromatic carbocycles. The van der Waals surface area contributed by atoms with E-state index in [1.54, 1.807) is 12.3 Å². The summed E-state index contributed by atoms with van der Waals surface area (Å²) in [5, 5.41) is 3.81. The van der Waals surface area contributed by atoms with Crippen molar-refractivity contribution in [1.29, 1.82) is 0 Å². The molecule has 1 N–H and O–H groups in total. The van der Waals surface area contributed by atoms with Gasteiger partial charge in [-0.2, -0.15) is 0 Å². The van der Waals surface area contributed by atoms with Crippen LogP contribution in [0.2, 0.25) is 5.02 Å². The molecule has 0 aliphatic rings. The summed E-state index contributed by atoms with van der Waals surface area (Å²) in [6.07, 6.45) is 3.17. The molecular formula is C10H8ClN3. The highest BCUT2D eigenvalue weighted by atomic mass is 35.5. The topological polar surface area (TPSA) is 37.8 Å². The molecule has 2 aromatic rings. The molecule has 0 fully saturated rings. The van der Waals surface area contributed by atoms with Gasteiger partial charge in [0.2, 0.25) is 0 Å². The van der Waals surface area contributed by atoms with E-state index in [2.05, 4.69) is 15.3 Å². The zero-order valence-corrected chi connectivity index (χ0v) is 8.07. The number of hydrogen-bond donors (Lipinski definition) is 1. The Morgan fingerprint density at radius 1 is 1.21 bits per heavy atom. The van der Waals surface area contributed by atoms with Crippen molar-refractivity contribution in [3.8, 4) is 0 Å². The summed E-state index contributed by atoms with van der Waals surface area (Å²) >= 11 is 5.84. The summed E-state index contributed by atoms with van der Waals surface area (Å²) in [5.74, 6) is 0.752. The van der Waals surface area contributed by atoms with Crippen LogP contribution in [-0.4, -0.2) is 9.97 Å². The first-order chi connectivity index (χ1) is 6.84. The van der Waals surface area contributed by atoms with Crippen LogP contribution in [-0.2, 0) is 0 Å². The fraction of sp³-hybridized carbons (Fsp3) is 0. The first-order valence-corrected chi connectivity index (χ1v) is 4.51. The van der Waals surface area contributed by atoms with E-state index in [4.69, 9.17) is 11.6 Å². The third kappa shape index (κ3) is 2.20. The molecular weight excluding hydrogens is 198 g/mol. The zero-order valence-electron chi connectivity index (χ0n) is 7.31. The van der Waals surface area contributed by atoms with Crippen LogP contribution in [0.4, 0.5) is 11.5 Å². The molecule has 70 valence electrons. The minimum Gasteiger partial charge on any atom is -0.340 e. The molecule has 1 heterocycles. The van der Waals surface area contributed by atoms with Crippen molar-refractivity contribution in [2.75, 3.05) is 5.32 Å². The summed E-state index contributed by atoms with van der Waals surface area (Å²) < 4.78 is 0. The van der Waals surface area contributed by atoms with E-state index in [-0.39, 0.29) is 0 Å². The number of nitrogens with one attached hydrogen (secondary N) is 1. The second-order valence-corrected chi connectivity index (χ2v) is 3.17. The number of halogens is 1. The van der Waals surface area contributed by atoms with Crippen LogP contribution in [0.1, 0.15) is 0 Å². The van der Waals surface area contributed by atoms with Crippen LogP contribution < -0.4 is 5.32 Å². The Balaban J connectivity index is 2.19. The number of aromatic nitrogens is 2. The third-order valence-electron chi connectivity index (χ3n) is 1.68. The standard InChI is InChI=1S/C10H8ClN3/c11-8-2-1-3-9(6-8)14-10-4-5-12-7-13-10/h1-7H,(H,12,13,14). The Labute approximate surface area is 86.8 Å². The summed E-state index contributed by atoms with van der Waals surface area (Å²) in [4.78, 5) is 7.87. The Morgan fingerprint density at radius 2 is 2.14 bits per heavy atom. The molecule has 1 aromatic heterocycles. The van der Waals surface area contributed by atoms with Gasteiger partial charge in [-0.15, -0.1) is 0 Å². The molecule has 0 aliphatic carbocycles. The lowest BCUT2D eigenvalue weighted by Crippen LogP contribution is -1.92. The molecule has 2 rings (SSSR count). The minimum absolute atomic E-state index is 0.698. The second-order valence-electron chi connectivity index (χ2n) is 2.73. The summed E-state index contributed by atoms with van der Waals surface area (Å²) in [5.41, 5.74) is 0.913. The van der Waals surface area contributed by atoms with Crippen molar-refractivity contribution in [3.05, 3.63) is 47.9 Å². The van der Waals surface area contributed by atoms with Crippen molar-refractivity contribution in [2.24, 2.45) is 0 Å². The third-order valence-corrected chi connectivity index (χ3v) is 1.91. The number of hydrogen-bond acceptors (Lipinski definition) is 3. The normalized spacial score (nSPS) is 9.79. The Kier molecular flexibility index (Phi) is 2.60. The largest absolute Gasteiger partial charge is 0.340 e. The van der Waals surface area contributed by atoms with Gasteiger partial charge in [0.15, 0.2) is 0 Å². The Morgan fingerprint density at radius 3 is 2.86 bits per heavy atom. The maximum Gasteiger partial charge on any atom is 0.133 e. The SMILES string of the molecule is Clc1cccc(Nc2ccncn2)c1. The first-order valence-electron chi connectivity index (χ1n) is 4.13. The Bertz CT molecular complexity index is 417. The van der Waals surface area contributed by atoms with Gasteiger partial charge in [-0.05, 0) is 24.3 Å². The van der Waals surface area contributed by atoms with Crippen molar-refractivity contribution < 1.29 is 0 Å². The maximum atomic E-state index is 5.84. The smallest absolute Gasteiger partial charge is 0.133 e. The highest BCUT2D eigenvalue weighted by Crippen LogP contribution is 2.17. The molecule has 0 unspecified atom stereocenters. The first kappa shape index (κ1) is 8.97. The number of benzene rings is 1. The van der Waals surface area contributed by atoms with E-state index >= 15 is 0 Å². The molecule has 0 amide bonds. The van der Waals surface area contributed by atoms with E-state index < -0.39 is 0 Å². The molecule has 0 saturated heterocycles. The highest BCUT2D eigenvalue weighted by Gasteiger charge is 1.94. The predicted molar refractivity (Wildman–Crippen MR) is 56.8 cm³/mol. The van der Waals surface area contributed by atoms with E-state index in [0.29, 0.717) is 5.02 Å². The van der Waals surface area contributed by atoms with E-state index in [1.165, 1.54) is 6.33 Å². The van der Waals surface area contributed by atoms with Gasteiger partial charge in [-0.1, -0.05) is 17.7 Å². The lowest BCUT2D eigenvalue weighted by molar-refractivity contribution is 1.17. The van der Waals surface area contributed by atoms with E-state index in [1.807, 2.05) is 24.3 Å². The van der Waals surface area contributed by atoms with Gasteiger partial charge in [0, 0.05) is 16.9 Å². The van der Waals surface area contributed by atoms with E-state index in [9.17, 15) is 0 Å². The van der Waals surface area contributed by atoms with Crippen LogP contribution in [0.15, 0.2) is 42.9 Å². The molecule has 0 spiro atoms. The fourth-order valence-corrected chi connectivity index (χ4v) is 1.27. The molecule has 0 aliphatic heterocycles. The maximum absolute atomic E-state index is 5.84. The summed E-state index contributed by atoms with van der Waals surface area (Å²) in [6, 6.07) is 9.26. The average Bonchev–Trinajstić information content (AvgIpc) is 2.19. The van der Waals surface area contributed by atoms with Gasteiger partial charge in [-0.25, -0.2) is 9.97 Å². The lowest BCUT2D eigenvalue weighted by atomic mass is 10.3. The van der Waals surface area contributed by atoms with Crippen molar-refractivity contribution >= 4 is 23.1 Å². The quantitative estimate of drug-likeness (QED) is 0.819. The lowest BCUT2D eigenvalue weighted by Gasteiger charge is -2.04. The van der Waals surface area contributed by atoms with Gasteiger partial charge >= 0.3 is 0 Å². The summed E-state index contributed by atoms with van der Waals surface area (Å²) in [6.45, 7) is 0. The molecule has 0 saturated carbocycles. The molecule has 14 heavy (non-hydrogen) atoms.